The van der Waals surface area contributed by atoms with Crippen LogP contribution in [0.2, 0.25) is 0 Å². The largest absolute Gasteiger partial charge is 0.454 e. The van der Waals surface area contributed by atoms with Crippen LogP contribution in [0.5, 0.6) is 11.5 Å². The quantitative estimate of drug-likeness (QED) is 0.569. The lowest BCUT2D eigenvalue weighted by Gasteiger charge is -2.08. The predicted octanol–water partition coefficient (Wildman–Crippen LogP) is 2.05. The molecule has 3 aromatic heterocycles. The minimum absolute atomic E-state index is 0.103. The van der Waals surface area contributed by atoms with Crippen molar-refractivity contribution in [3.63, 3.8) is 0 Å². The van der Waals surface area contributed by atoms with Crippen LogP contribution in [0.25, 0.3) is 20.4 Å². The van der Waals surface area contributed by atoms with E-state index in [2.05, 4.69) is 15.3 Å². The monoisotopic (exact) mass is 394 g/mol. The summed E-state index contributed by atoms with van der Waals surface area (Å²) in [4.78, 5) is 34.4. The van der Waals surface area contributed by atoms with E-state index >= 15 is 0 Å². The number of amides is 1. The second-order valence-electron chi connectivity index (χ2n) is 6.28. The average Bonchev–Trinajstić information content (AvgIpc) is 3.33. The molecule has 0 atom stereocenters. The van der Waals surface area contributed by atoms with Crippen molar-refractivity contribution in [1.82, 2.24) is 19.9 Å². The number of ether oxygens (including phenoxy) is 2. The molecule has 0 spiro atoms. The third kappa shape index (κ3) is 2.85. The van der Waals surface area contributed by atoms with Gasteiger partial charge in [0, 0.05) is 18.1 Å². The highest BCUT2D eigenvalue weighted by Gasteiger charge is 2.15. The van der Waals surface area contributed by atoms with Crippen LogP contribution in [-0.2, 0) is 17.9 Å². The molecule has 1 N–H and O–H groups in total. The molecule has 28 heavy (non-hydrogen) atoms. The summed E-state index contributed by atoms with van der Waals surface area (Å²) in [6, 6.07) is 9.19. The van der Waals surface area contributed by atoms with E-state index in [-0.39, 0.29) is 24.8 Å². The van der Waals surface area contributed by atoms with E-state index in [4.69, 9.17) is 9.47 Å². The third-order valence-corrected chi connectivity index (χ3v) is 5.55. The number of aromatic nitrogens is 3. The van der Waals surface area contributed by atoms with Gasteiger partial charge in [-0.15, -0.1) is 11.3 Å². The number of thiophene rings is 1. The van der Waals surface area contributed by atoms with Crippen LogP contribution >= 0.6 is 11.3 Å². The number of hydrogen-bond donors (Lipinski definition) is 1. The summed E-state index contributed by atoms with van der Waals surface area (Å²) in [5.41, 5.74) is 1.26. The van der Waals surface area contributed by atoms with Crippen LogP contribution in [0.15, 0.2) is 47.7 Å². The SMILES string of the molecule is O=C(Cn1cnc2c(sc3ncccc32)c1=O)NCc1ccc2c(c1)OCO2. The molecule has 0 radical (unpaired) electrons. The Labute approximate surface area is 162 Å². The molecule has 0 saturated heterocycles. The first-order valence-electron chi connectivity index (χ1n) is 8.57. The van der Waals surface area contributed by atoms with Gasteiger partial charge in [-0.05, 0) is 29.8 Å². The number of pyridine rings is 1. The van der Waals surface area contributed by atoms with Gasteiger partial charge in [0.2, 0.25) is 12.7 Å². The van der Waals surface area contributed by atoms with Crippen LogP contribution in [0, 0.1) is 0 Å². The summed E-state index contributed by atoms with van der Waals surface area (Å²) >= 11 is 1.29. The van der Waals surface area contributed by atoms with Crippen LogP contribution < -0.4 is 20.3 Å². The van der Waals surface area contributed by atoms with Crippen molar-refractivity contribution in [2.24, 2.45) is 0 Å². The summed E-state index contributed by atoms with van der Waals surface area (Å²) < 4.78 is 12.4. The lowest BCUT2D eigenvalue weighted by molar-refractivity contribution is -0.121. The number of nitrogens with zero attached hydrogens (tertiary/aromatic N) is 3. The zero-order chi connectivity index (χ0) is 19.1. The smallest absolute Gasteiger partial charge is 0.271 e. The zero-order valence-corrected chi connectivity index (χ0v) is 15.4. The fourth-order valence-corrected chi connectivity index (χ4v) is 4.12. The summed E-state index contributed by atoms with van der Waals surface area (Å²) in [7, 11) is 0. The standard InChI is InChI=1S/C19H14N4O4S/c24-15(21-7-11-3-4-13-14(6-11)27-10-26-13)8-23-9-22-16-12-2-1-5-20-18(12)28-17(16)19(23)25/h1-6,9H,7-8,10H2,(H,21,24). The van der Waals surface area contributed by atoms with Gasteiger partial charge < -0.3 is 14.8 Å². The van der Waals surface area contributed by atoms with Crippen LogP contribution in [0.1, 0.15) is 5.56 Å². The fraction of sp³-hybridized carbons (Fsp3) is 0.158. The van der Waals surface area contributed by atoms with E-state index in [9.17, 15) is 9.59 Å². The summed E-state index contributed by atoms with van der Waals surface area (Å²) in [6.07, 6.45) is 3.09. The average molecular weight is 394 g/mol. The molecule has 1 aliphatic heterocycles. The number of carbonyl (C=O) groups excluding carboxylic acids is 1. The maximum atomic E-state index is 12.7. The highest BCUT2D eigenvalue weighted by Crippen LogP contribution is 2.32. The predicted molar refractivity (Wildman–Crippen MR) is 104 cm³/mol. The molecule has 0 unspecified atom stereocenters. The molecule has 9 heteroatoms. The van der Waals surface area contributed by atoms with Gasteiger partial charge in [0.25, 0.3) is 5.56 Å². The van der Waals surface area contributed by atoms with Gasteiger partial charge in [-0.25, -0.2) is 9.97 Å². The van der Waals surface area contributed by atoms with Crippen molar-refractivity contribution in [1.29, 1.82) is 0 Å². The number of nitrogens with one attached hydrogen (secondary N) is 1. The number of benzene rings is 1. The Bertz CT molecular complexity index is 1280. The molecule has 1 amide bonds. The van der Waals surface area contributed by atoms with Gasteiger partial charge in [-0.3, -0.25) is 14.2 Å². The molecule has 0 bridgehead atoms. The molecular weight excluding hydrogens is 380 g/mol. The fourth-order valence-electron chi connectivity index (χ4n) is 3.08. The summed E-state index contributed by atoms with van der Waals surface area (Å²) in [5, 5.41) is 3.66. The Morgan fingerprint density at radius 2 is 2.11 bits per heavy atom. The maximum Gasteiger partial charge on any atom is 0.271 e. The molecule has 4 heterocycles. The summed E-state index contributed by atoms with van der Waals surface area (Å²) in [5.74, 6) is 1.08. The number of fused-ring (bicyclic) bond motifs is 4. The number of rotatable bonds is 4. The van der Waals surface area contributed by atoms with Crippen molar-refractivity contribution in [3.05, 3.63) is 58.8 Å². The molecule has 1 aromatic carbocycles. The Morgan fingerprint density at radius 3 is 3.04 bits per heavy atom. The van der Waals surface area contributed by atoms with Crippen LogP contribution in [0.4, 0.5) is 0 Å². The van der Waals surface area contributed by atoms with Crippen molar-refractivity contribution in [2.45, 2.75) is 13.1 Å². The lowest BCUT2D eigenvalue weighted by atomic mass is 10.2. The molecule has 5 rings (SSSR count). The van der Waals surface area contributed by atoms with Crippen molar-refractivity contribution in [2.75, 3.05) is 6.79 Å². The minimum Gasteiger partial charge on any atom is -0.454 e. The highest BCUT2D eigenvalue weighted by molar-refractivity contribution is 7.25. The van der Waals surface area contributed by atoms with Gasteiger partial charge >= 0.3 is 0 Å². The molecule has 4 aromatic rings. The first-order chi connectivity index (χ1) is 13.7. The summed E-state index contributed by atoms with van der Waals surface area (Å²) in [6.45, 7) is 0.428. The number of carbonyl (C=O) groups is 1. The topological polar surface area (TPSA) is 95.3 Å². The normalized spacial score (nSPS) is 12.6. The van der Waals surface area contributed by atoms with Gasteiger partial charge in [0.1, 0.15) is 16.1 Å². The maximum absolute atomic E-state index is 12.7. The van der Waals surface area contributed by atoms with Crippen molar-refractivity contribution in [3.8, 4) is 11.5 Å². The van der Waals surface area contributed by atoms with E-state index < -0.39 is 0 Å². The lowest BCUT2D eigenvalue weighted by Crippen LogP contribution is -2.31. The first-order valence-corrected chi connectivity index (χ1v) is 9.38. The Morgan fingerprint density at radius 1 is 1.21 bits per heavy atom. The van der Waals surface area contributed by atoms with E-state index in [1.807, 2.05) is 30.3 Å². The zero-order valence-electron chi connectivity index (χ0n) is 14.5. The molecule has 0 saturated carbocycles. The molecule has 0 aliphatic carbocycles. The Hall–Kier alpha value is -3.46. The van der Waals surface area contributed by atoms with E-state index in [1.165, 1.54) is 22.2 Å². The van der Waals surface area contributed by atoms with Gasteiger partial charge in [0.05, 0.1) is 11.8 Å². The van der Waals surface area contributed by atoms with E-state index in [0.29, 0.717) is 28.3 Å². The Kier molecular flexibility index (Phi) is 3.94. The van der Waals surface area contributed by atoms with Crippen molar-refractivity contribution >= 4 is 37.7 Å². The molecule has 140 valence electrons. The van der Waals surface area contributed by atoms with Gasteiger partial charge in [-0.2, -0.15) is 0 Å². The first kappa shape index (κ1) is 16.7. The van der Waals surface area contributed by atoms with Crippen molar-refractivity contribution < 1.29 is 14.3 Å². The van der Waals surface area contributed by atoms with Crippen LogP contribution in [-0.4, -0.2) is 27.2 Å². The minimum atomic E-state index is -0.278. The van der Waals surface area contributed by atoms with Crippen LogP contribution in [0.3, 0.4) is 0 Å². The van der Waals surface area contributed by atoms with Gasteiger partial charge in [0.15, 0.2) is 11.5 Å². The molecule has 8 nitrogen and oxygen atoms in total. The third-order valence-electron chi connectivity index (χ3n) is 4.46. The van der Waals surface area contributed by atoms with E-state index in [1.54, 1.807) is 6.20 Å². The Balaban J connectivity index is 1.33. The second-order valence-corrected chi connectivity index (χ2v) is 7.28. The highest BCUT2D eigenvalue weighted by atomic mass is 32.1. The van der Waals surface area contributed by atoms with Gasteiger partial charge in [-0.1, -0.05) is 6.07 Å². The second kappa shape index (κ2) is 6.61. The molecule has 1 aliphatic rings. The molecule has 0 fully saturated rings. The molecular formula is C19H14N4O4S. The van der Waals surface area contributed by atoms with E-state index in [0.717, 1.165) is 15.8 Å². The number of hydrogen-bond acceptors (Lipinski definition) is 7.